The van der Waals surface area contributed by atoms with E-state index in [9.17, 15) is 9.59 Å². The Morgan fingerprint density at radius 1 is 1.37 bits per heavy atom. The van der Waals surface area contributed by atoms with Crippen LogP contribution in [0.1, 0.15) is 46.5 Å². The Kier molecular flexibility index (Phi) is 4.48. The van der Waals surface area contributed by atoms with Crippen LogP contribution in [0.15, 0.2) is 0 Å². The van der Waals surface area contributed by atoms with Crippen LogP contribution in [0, 0.1) is 11.8 Å². The van der Waals surface area contributed by atoms with Crippen molar-refractivity contribution in [2.45, 2.75) is 52.5 Å². The first kappa shape index (κ1) is 14.4. The van der Waals surface area contributed by atoms with E-state index >= 15 is 0 Å². The molecule has 4 heteroatoms. The van der Waals surface area contributed by atoms with Gasteiger partial charge in [-0.2, -0.15) is 0 Å². The van der Waals surface area contributed by atoms with Gasteiger partial charge in [-0.3, -0.25) is 9.59 Å². The second-order valence-corrected chi connectivity index (χ2v) is 6.21. The van der Waals surface area contributed by atoms with E-state index in [4.69, 9.17) is 0 Å². The monoisotopic (exact) mass is 266 g/mol. The number of piperidine rings is 1. The number of hydrogen-bond acceptors (Lipinski definition) is 2. The third-order valence-electron chi connectivity index (χ3n) is 4.73. The van der Waals surface area contributed by atoms with Crippen molar-refractivity contribution in [3.63, 3.8) is 0 Å². The van der Waals surface area contributed by atoms with Crippen molar-refractivity contribution in [2.24, 2.45) is 11.8 Å². The molecule has 0 bridgehead atoms. The minimum absolute atomic E-state index is 0.102. The molecule has 0 saturated carbocycles. The predicted octanol–water partition coefficient (Wildman–Crippen LogP) is 1.89. The Bertz CT molecular complexity index is 348. The maximum atomic E-state index is 12.5. The van der Waals surface area contributed by atoms with Gasteiger partial charge in [0.15, 0.2) is 0 Å². The first-order valence-electron chi connectivity index (χ1n) is 7.61. The Labute approximate surface area is 116 Å². The van der Waals surface area contributed by atoms with E-state index in [1.807, 2.05) is 9.80 Å². The number of carbonyl (C=O) groups is 2. The van der Waals surface area contributed by atoms with Crippen LogP contribution in [0.2, 0.25) is 0 Å². The van der Waals surface area contributed by atoms with Gasteiger partial charge in [-0.25, -0.2) is 0 Å². The SMILES string of the molecule is CCC(C)N1CC(C(=O)N2CCC(C)CC2)CC1=O. The van der Waals surface area contributed by atoms with Crippen molar-refractivity contribution >= 4 is 11.8 Å². The molecule has 2 unspecified atom stereocenters. The maximum Gasteiger partial charge on any atom is 0.227 e. The Morgan fingerprint density at radius 2 is 2.00 bits per heavy atom. The Balaban J connectivity index is 1.92. The fraction of sp³-hybridized carbons (Fsp3) is 0.867. The molecule has 0 aromatic rings. The zero-order chi connectivity index (χ0) is 14.0. The molecule has 108 valence electrons. The smallest absolute Gasteiger partial charge is 0.227 e. The average molecular weight is 266 g/mol. The second kappa shape index (κ2) is 5.93. The van der Waals surface area contributed by atoms with E-state index in [2.05, 4.69) is 20.8 Å². The van der Waals surface area contributed by atoms with Crippen LogP contribution in [0.25, 0.3) is 0 Å². The van der Waals surface area contributed by atoms with Crippen LogP contribution < -0.4 is 0 Å². The van der Waals surface area contributed by atoms with Crippen LogP contribution in [0.5, 0.6) is 0 Å². The van der Waals surface area contributed by atoms with Crippen LogP contribution in [-0.2, 0) is 9.59 Å². The summed E-state index contributed by atoms with van der Waals surface area (Å²) in [6.07, 6.45) is 3.56. The molecule has 2 amide bonds. The van der Waals surface area contributed by atoms with E-state index in [0.717, 1.165) is 38.3 Å². The summed E-state index contributed by atoms with van der Waals surface area (Å²) < 4.78 is 0. The highest BCUT2D eigenvalue weighted by Gasteiger charge is 2.38. The predicted molar refractivity (Wildman–Crippen MR) is 74.6 cm³/mol. The minimum atomic E-state index is -0.102. The molecule has 2 fully saturated rings. The van der Waals surface area contributed by atoms with E-state index < -0.39 is 0 Å². The molecule has 0 aliphatic carbocycles. The van der Waals surface area contributed by atoms with E-state index in [-0.39, 0.29) is 23.8 Å². The molecule has 2 rings (SSSR count). The minimum Gasteiger partial charge on any atom is -0.342 e. The lowest BCUT2D eigenvalue weighted by Gasteiger charge is -2.32. The molecule has 0 N–H and O–H groups in total. The summed E-state index contributed by atoms with van der Waals surface area (Å²) >= 11 is 0. The quantitative estimate of drug-likeness (QED) is 0.782. The highest BCUT2D eigenvalue weighted by Crippen LogP contribution is 2.25. The molecule has 0 radical (unpaired) electrons. The Hall–Kier alpha value is -1.06. The highest BCUT2D eigenvalue weighted by molar-refractivity contribution is 5.89. The summed E-state index contributed by atoms with van der Waals surface area (Å²) in [7, 11) is 0. The number of rotatable bonds is 3. The number of likely N-dealkylation sites (tertiary alicyclic amines) is 2. The van der Waals surface area contributed by atoms with Gasteiger partial charge in [-0.1, -0.05) is 13.8 Å². The maximum absolute atomic E-state index is 12.5. The molecule has 2 saturated heterocycles. The fourth-order valence-electron chi connectivity index (χ4n) is 3.03. The molecule has 0 spiro atoms. The van der Waals surface area contributed by atoms with Crippen molar-refractivity contribution in [3.05, 3.63) is 0 Å². The lowest BCUT2D eigenvalue weighted by Crippen LogP contribution is -2.42. The standard InChI is InChI=1S/C15H26N2O2/c1-4-12(3)17-10-13(9-14(17)18)15(19)16-7-5-11(2)6-8-16/h11-13H,4-10H2,1-3H3. The lowest BCUT2D eigenvalue weighted by molar-refractivity contribution is -0.137. The van der Waals surface area contributed by atoms with Gasteiger partial charge in [0.2, 0.25) is 11.8 Å². The number of nitrogens with zero attached hydrogens (tertiary/aromatic N) is 2. The summed E-state index contributed by atoms with van der Waals surface area (Å²) in [5.74, 6) is 0.977. The van der Waals surface area contributed by atoms with Crippen molar-refractivity contribution in [2.75, 3.05) is 19.6 Å². The van der Waals surface area contributed by atoms with Crippen LogP contribution in [0.3, 0.4) is 0 Å². The van der Waals surface area contributed by atoms with E-state index in [1.54, 1.807) is 0 Å². The van der Waals surface area contributed by atoms with Gasteiger partial charge in [0, 0.05) is 32.1 Å². The van der Waals surface area contributed by atoms with Gasteiger partial charge in [0.05, 0.1) is 5.92 Å². The van der Waals surface area contributed by atoms with Crippen molar-refractivity contribution in [1.29, 1.82) is 0 Å². The zero-order valence-corrected chi connectivity index (χ0v) is 12.4. The highest BCUT2D eigenvalue weighted by atomic mass is 16.2. The largest absolute Gasteiger partial charge is 0.342 e. The summed E-state index contributed by atoms with van der Waals surface area (Å²) in [4.78, 5) is 28.3. The van der Waals surface area contributed by atoms with Gasteiger partial charge in [-0.05, 0) is 32.1 Å². The van der Waals surface area contributed by atoms with Crippen molar-refractivity contribution in [3.8, 4) is 0 Å². The normalized spacial score (nSPS) is 26.9. The number of amides is 2. The van der Waals surface area contributed by atoms with Crippen molar-refractivity contribution in [1.82, 2.24) is 9.80 Å². The fourth-order valence-corrected chi connectivity index (χ4v) is 3.03. The van der Waals surface area contributed by atoms with Crippen molar-refractivity contribution < 1.29 is 9.59 Å². The van der Waals surface area contributed by atoms with Crippen LogP contribution >= 0.6 is 0 Å². The molecule has 2 aliphatic heterocycles. The molecule has 2 heterocycles. The summed E-state index contributed by atoms with van der Waals surface area (Å²) in [6, 6.07) is 0.256. The molecule has 0 aromatic carbocycles. The second-order valence-electron chi connectivity index (χ2n) is 6.21. The molecular weight excluding hydrogens is 240 g/mol. The first-order chi connectivity index (χ1) is 9.02. The van der Waals surface area contributed by atoms with Gasteiger partial charge < -0.3 is 9.80 Å². The Morgan fingerprint density at radius 3 is 2.58 bits per heavy atom. The van der Waals surface area contributed by atoms with Gasteiger partial charge in [0.1, 0.15) is 0 Å². The van der Waals surface area contributed by atoms with Gasteiger partial charge >= 0.3 is 0 Å². The zero-order valence-electron chi connectivity index (χ0n) is 12.4. The molecule has 19 heavy (non-hydrogen) atoms. The summed E-state index contributed by atoms with van der Waals surface area (Å²) in [5.41, 5.74) is 0. The number of carbonyl (C=O) groups excluding carboxylic acids is 2. The van der Waals surface area contributed by atoms with Crippen LogP contribution in [0.4, 0.5) is 0 Å². The summed E-state index contributed by atoms with van der Waals surface area (Å²) in [6.45, 7) is 8.75. The first-order valence-corrected chi connectivity index (χ1v) is 7.61. The van der Waals surface area contributed by atoms with E-state index in [1.165, 1.54) is 0 Å². The van der Waals surface area contributed by atoms with Gasteiger partial charge in [0.25, 0.3) is 0 Å². The molecule has 4 nitrogen and oxygen atoms in total. The summed E-state index contributed by atoms with van der Waals surface area (Å²) in [5, 5.41) is 0. The number of hydrogen-bond donors (Lipinski definition) is 0. The molecule has 2 atom stereocenters. The van der Waals surface area contributed by atoms with Crippen LogP contribution in [-0.4, -0.2) is 47.3 Å². The third kappa shape index (κ3) is 3.10. The average Bonchev–Trinajstić information content (AvgIpc) is 2.80. The van der Waals surface area contributed by atoms with E-state index in [0.29, 0.717) is 13.0 Å². The molecule has 2 aliphatic rings. The topological polar surface area (TPSA) is 40.6 Å². The molecule has 0 aromatic heterocycles. The lowest BCUT2D eigenvalue weighted by atomic mass is 9.97. The molecular formula is C15H26N2O2. The third-order valence-corrected chi connectivity index (χ3v) is 4.73. The van der Waals surface area contributed by atoms with Gasteiger partial charge in [-0.15, -0.1) is 0 Å².